The number of unbranched alkanes of at least 4 members (excludes halogenated alkanes) is 3. The lowest BCUT2D eigenvalue weighted by atomic mass is 9.96. The van der Waals surface area contributed by atoms with Crippen LogP contribution in [0.1, 0.15) is 73.6 Å². The van der Waals surface area contributed by atoms with E-state index >= 15 is 0 Å². The molecule has 3 aromatic rings. The summed E-state index contributed by atoms with van der Waals surface area (Å²) in [5.74, 6) is 0.906. The highest BCUT2D eigenvalue weighted by molar-refractivity contribution is 6.00. The van der Waals surface area contributed by atoms with Gasteiger partial charge in [0.15, 0.2) is 0 Å². The second-order valence-electron chi connectivity index (χ2n) is 8.11. The number of nitrogens with zero attached hydrogens (tertiary/aromatic N) is 2. The van der Waals surface area contributed by atoms with Crippen LogP contribution in [0.3, 0.4) is 0 Å². The Bertz CT molecular complexity index is 995. The summed E-state index contributed by atoms with van der Waals surface area (Å²) >= 11 is 0. The maximum Gasteiger partial charge on any atom is 0.273 e. The quantitative estimate of drug-likeness (QED) is 0.412. The molecule has 0 fully saturated rings. The Kier molecular flexibility index (Phi) is 6.70. The normalized spacial score (nSPS) is 15.4. The molecule has 162 valence electrons. The van der Waals surface area contributed by atoms with Crippen LogP contribution < -0.4 is 4.74 Å². The predicted octanol–water partition coefficient (Wildman–Crippen LogP) is 5.99. The molecule has 1 amide bonds. The Morgan fingerprint density at radius 1 is 0.968 bits per heavy atom. The summed E-state index contributed by atoms with van der Waals surface area (Å²) < 4.78 is 5.89. The third kappa shape index (κ3) is 4.36. The van der Waals surface area contributed by atoms with Crippen LogP contribution in [0.25, 0.3) is 11.3 Å². The van der Waals surface area contributed by atoms with Gasteiger partial charge in [0.25, 0.3) is 5.91 Å². The van der Waals surface area contributed by atoms with Crippen LogP contribution >= 0.6 is 0 Å². The number of H-pyrrole nitrogens is 1. The molecule has 5 nitrogen and oxygen atoms in total. The van der Waals surface area contributed by atoms with Crippen molar-refractivity contribution in [1.82, 2.24) is 15.1 Å². The SMILES string of the molecule is CCCCCOc1ccc(C2c3c(-c4ccccc4)n[nH]c3C(=O)N2CCCC)cc1. The molecule has 1 aliphatic heterocycles. The average molecular weight is 418 g/mol. The van der Waals surface area contributed by atoms with Crippen molar-refractivity contribution < 1.29 is 9.53 Å². The summed E-state index contributed by atoms with van der Waals surface area (Å²) in [6.07, 6.45) is 5.44. The molecule has 0 saturated heterocycles. The Morgan fingerprint density at radius 3 is 2.42 bits per heavy atom. The van der Waals surface area contributed by atoms with E-state index in [4.69, 9.17) is 4.74 Å². The maximum atomic E-state index is 13.2. The minimum Gasteiger partial charge on any atom is -0.494 e. The molecule has 1 aliphatic rings. The van der Waals surface area contributed by atoms with E-state index in [1.807, 2.05) is 47.4 Å². The molecule has 2 aromatic carbocycles. The van der Waals surface area contributed by atoms with Gasteiger partial charge in [0, 0.05) is 17.7 Å². The van der Waals surface area contributed by atoms with Crippen LogP contribution in [0.4, 0.5) is 0 Å². The molecule has 2 heterocycles. The molecule has 1 unspecified atom stereocenters. The molecule has 1 aromatic heterocycles. The van der Waals surface area contributed by atoms with Gasteiger partial charge in [-0.3, -0.25) is 9.89 Å². The minimum absolute atomic E-state index is 0.0306. The van der Waals surface area contributed by atoms with Crippen molar-refractivity contribution in [2.24, 2.45) is 0 Å². The molecule has 0 spiro atoms. The minimum atomic E-state index is -0.142. The average Bonchev–Trinajstić information content (AvgIpc) is 3.35. The molecular formula is C26H31N3O2. The van der Waals surface area contributed by atoms with E-state index in [0.29, 0.717) is 5.69 Å². The summed E-state index contributed by atoms with van der Waals surface area (Å²) in [7, 11) is 0. The molecule has 0 aliphatic carbocycles. The van der Waals surface area contributed by atoms with Crippen LogP contribution in [-0.2, 0) is 0 Å². The lowest BCUT2D eigenvalue weighted by molar-refractivity contribution is 0.0741. The van der Waals surface area contributed by atoms with Crippen molar-refractivity contribution in [3.8, 4) is 17.0 Å². The second-order valence-corrected chi connectivity index (χ2v) is 8.11. The first-order chi connectivity index (χ1) is 15.2. The molecule has 1 N–H and O–H groups in total. The highest BCUT2D eigenvalue weighted by Gasteiger charge is 2.41. The number of hydrogen-bond acceptors (Lipinski definition) is 3. The number of ether oxygens (including phenoxy) is 1. The molecule has 0 bridgehead atoms. The maximum absolute atomic E-state index is 13.2. The number of hydrogen-bond donors (Lipinski definition) is 1. The smallest absolute Gasteiger partial charge is 0.273 e. The molecule has 4 rings (SSSR count). The highest BCUT2D eigenvalue weighted by Crippen LogP contribution is 2.43. The summed E-state index contributed by atoms with van der Waals surface area (Å²) in [5, 5.41) is 7.55. The van der Waals surface area contributed by atoms with Gasteiger partial charge in [-0.15, -0.1) is 0 Å². The van der Waals surface area contributed by atoms with Crippen molar-refractivity contribution in [2.75, 3.05) is 13.2 Å². The molecule has 0 radical (unpaired) electrons. The number of carbonyl (C=O) groups is 1. The van der Waals surface area contributed by atoms with Crippen molar-refractivity contribution >= 4 is 5.91 Å². The fourth-order valence-corrected chi connectivity index (χ4v) is 4.21. The van der Waals surface area contributed by atoms with Crippen molar-refractivity contribution in [3.63, 3.8) is 0 Å². The van der Waals surface area contributed by atoms with Crippen LogP contribution in [0, 0.1) is 0 Å². The molecule has 1 atom stereocenters. The number of carbonyl (C=O) groups excluding carboxylic acids is 1. The summed E-state index contributed by atoms with van der Waals surface area (Å²) in [5.41, 5.74) is 4.55. The standard InChI is InChI=1S/C26H31N3O2/c1-3-5-10-18-31-21-15-13-20(14-16-21)25-22-23(19-11-8-7-9-12-19)27-28-24(22)26(30)29(25)17-6-4-2/h7-9,11-16,25H,3-6,10,17-18H2,1-2H3,(H,27,28). The summed E-state index contributed by atoms with van der Waals surface area (Å²) in [6.45, 7) is 5.81. The van der Waals surface area contributed by atoms with Gasteiger partial charge < -0.3 is 9.64 Å². The van der Waals surface area contributed by atoms with E-state index in [1.165, 1.54) is 12.8 Å². The number of aromatic amines is 1. The van der Waals surface area contributed by atoms with Gasteiger partial charge in [-0.25, -0.2) is 0 Å². The molecule has 0 saturated carbocycles. The fourth-order valence-electron chi connectivity index (χ4n) is 4.21. The van der Waals surface area contributed by atoms with Gasteiger partial charge in [0.1, 0.15) is 11.4 Å². The van der Waals surface area contributed by atoms with Gasteiger partial charge in [-0.1, -0.05) is 75.6 Å². The predicted molar refractivity (Wildman–Crippen MR) is 123 cm³/mol. The lowest BCUT2D eigenvalue weighted by Crippen LogP contribution is -2.30. The number of nitrogens with one attached hydrogen (secondary N) is 1. The number of amides is 1. The van der Waals surface area contributed by atoms with Crippen molar-refractivity contribution in [3.05, 3.63) is 71.4 Å². The van der Waals surface area contributed by atoms with E-state index in [1.54, 1.807) is 0 Å². The van der Waals surface area contributed by atoms with Gasteiger partial charge in [-0.2, -0.15) is 5.10 Å². The number of fused-ring (bicyclic) bond motifs is 1. The van der Waals surface area contributed by atoms with E-state index in [2.05, 4.69) is 36.2 Å². The van der Waals surface area contributed by atoms with E-state index < -0.39 is 0 Å². The zero-order valence-electron chi connectivity index (χ0n) is 18.4. The third-order valence-electron chi connectivity index (χ3n) is 5.88. The van der Waals surface area contributed by atoms with Gasteiger partial charge >= 0.3 is 0 Å². The number of rotatable bonds is 10. The monoisotopic (exact) mass is 417 g/mol. The van der Waals surface area contributed by atoms with Crippen LogP contribution in [-0.4, -0.2) is 34.2 Å². The Labute approximate surface area is 184 Å². The zero-order chi connectivity index (χ0) is 21.6. The first-order valence-electron chi connectivity index (χ1n) is 11.4. The van der Waals surface area contributed by atoms with Crippen LogP contribution in [0.5, 0.6) is 5.75 Å². The fraction of sp³-hybridized carbons (Fsp3) is 0.385. The van der Waals surface area contributed by atoms with Gasteiger partial charge in [0.2, 0.25) is 0 Å². The molecule has 31 heavy (non-hydrogen) atoms. The lowest BCUT2D eigenvalue weighted by Gasteiger charge is -2.26. The van der Waals surface area contributed by atoms with Crippen molar-refractivity contribution in [2.45, 2.75) is 52.0 Å². The van der Waals surface area contributed by atoms with Crippen LogP contribution in [0.2, 0.25) is 0 Å². The Morgan fingerprint density at radius 2 is 1.71 bits per heavy atom. The first kappa shape index (κ1) is 21.2. The Hall–Kier alpha value is -3.08. The van der Waals surface area contributed by atoms with Crippen LogP contribution in [0.15, 0.2) is 54.6 Å². The van der Waals surface area contributed by atoms with E-state index in [0.717, 1.165) is 60.5 Å². The summed E-state index contributed by atoms with van der Waals surface area (Å²) in [4.78, 5) is 15.2. The van der Waals surface area contributed by atoms with E-state index in [9.17, 15) is 4.79 Å². The van der Waals surface area contributed by atoms with Gasteiger partial charge in [-0.05, 0) is 30.5 Å². The highest BCUT2D eigenvalue weighted by atomic mass is 16.5. The zero-order valence-corrected chi connectivity index (χ0v) is 18.4. The summed E-state index contributed by atoms with van der Waals surface area (Å²) in [6, 6.07) is 18.1. The topological polar surface area (TPSA) is 58.2 Å². The largest absolute Gasteiger partial charge is 0.494 e. The van der Waals surface area contributed by atoms with Gasteiger partial charge in [0.05, 0.1) is 18.3 Å². The van der Waals surface area contributed by atoms with E-state index in [-0.39, 0.29) is 11.9 Å². The third-order valence-corrected chi connectivity index (χ3v) is 5.88. The molecule has 5 heteroatoms. The molecular weight excluding hydrogens is 386 g/mol. The number of benzene rings is 2. The first-order valence-corrected chi connectivity index (χ1v) is 11.4. The number of aromatic nitrogens is 2. The Balaban J connectivity index is 1.66. The second kappa shape index (κ2) is 9.82. The van der Waals surface area contributed by atoms with Crippen molar-refractivity contribution in [1.29, 1.82) is 0 Å².